The van der Waals surface area contributed by atoms with Crippen LogP contribution in [0.3, 0.4) is 0 Å². The monoisotopic (exact) mass is 750 g/mol. The molecular weight excluding hydrogens is 700 g/mol. The van der Waals surface area contributed by atoms with Gasteiger partial charge in [-0.1, -0.05) is 117 Å². The second kappa shape index (κ2) is 16.3. The molecule has 0 amide bonds. The summed E-state index contributed by atoms with van der Waals surface area (Å²) in [5.74, 6) is -0.426. The second-order valence-corrected chi connectivity index (χ2v) is 15.4. The van der Waals surface area contributed by atoms with Crippen molar-refractivity contribution in [1.29, 1.82) is 0 Å². The molecule has 0 radical (unpaired) electrons. The van der Waals surface area contributed by atoms with Gasteiger partial charge in [-0.05, 0) is 54.2 Å². The minimum absolute atomic E-state index is 0.106. The highest BCUT2D eigenvalue weighted by Gasteiger charge is 2.77. The van der Waals surface area contributed by atoms with Crippen molar-refractivity contribution in [2.45, 2.75) is 102 Å². The van der Waals surface area contributed by atoms with E-state index in [0.717, 1.165) is 22.3 Å². The molecule has 0 aromatic heterocycles. The number of aliphatic hydroxyl groups excluding tert-OH is 1. The van der Waals surface area contributed by atoms with E-state index in [9.17, 15) is 14.7 Å². The van der Waals surface area contributed by atoms with Crippen LogP contribution in [0, 0.1) is 10.8 Å². The lowest BCUT2D eigenvalue weighted by Crippen LogP contribution is -2.68. The predicted molar refractivity (Wildman–Crippen MR) is 202 cm³/mol. The van der Waals surface area contributed by atoms with Crippen LogP contribution in [-0.2, 0) is 64.4 Å². The number of hydrogen-bond acceptors (Lipinski definition) is 10. The Labute approximate surface area is 322 Å². The first-order valence-electron chi connectivity index (χ1n) is 18.9. The first kappa shape index (κ1) is 38.7. The fraction of sp³-hybridized carbons (Fsp3) is 0.422. The van der Waals surface area contributed by atoms with Crippen molar-refractivity contribution < 1.29 is 47.9 Å². The average Bonchev–Trinajstić information content (AvgIpc) is 3.51. The smallest absolute Gasteiger partial charge is 0.351 e. The van der Waals surface area contributed by atoms with Gasteiger partial charge in [0.1, 0.15) is 36.3 Å². The fourth-order valence-electron chi connectivity index (χ4n) is 8.17. The molecule has 7 rings (SSSR count). The highest BCUT2D eigenvalue weighted by Crippen LogP contribution is 2.66. The first-order chi connectivity index (χ1) is 26.6. The summed E-state index contributed by atoms with van der Waals surface area (Å²) in [5, 5.41) is 12.4. The summed E-state index contributed by atoms with van der Waals surface area (Å²) in [7, 11) is 1.61. The van der Waals surface area contributed by atoms with Gasteiger partial charge in [0.25, 0.3) is 0 Å². The minimum atomic E-state index is -1.53. The number of aliphatic hydroxyl groups is 1. The van der Waals surface area contributed by atoms with Gasteiger partial charge < -0.3 is 38.3 Å². The molecule has 4 aromatic carbocycles. The molecule has 2 saturated carbocycles. The van der Waals surface area contributed by atoms with E-state index in [-0.39, 0.29) is 26.4 Å². The summed E-state index contributed by atoms with van der Waals surface area (Å²) in [5.41, 5.74) is 0.230. The lowest BCUT2D eigenvalue weighted by Gasteiger charge is -2.48. The van der Waals surface area contributed by atoms with E-state index in [1.807, 2.05) is 136 Å². The van der Waals surface area contributed by atoms with Crippen LogP contribution < -0.4 is 4.74 Å². The number of rotatable bonds is 15. The summed E-state index contributed by atoms with van der Waals surface area (Å²) >= 11 is 0. The number of methoxy groups -OCH3 is 1. The zero-order valence-electron chi connectivity index (χ0n) is 31.8. The van der Waals surface area contributed by atoms with Gasteiger partial charge in [0.15, 0.2) is 6.10 Å². The summed E-state index contributed by atoms with van der Waals surface area (Å²) in [6.45, 7) is 6.13. The molecule has 4 aromatic rings. The number of benzene rings is 4. The van der Waals surface area contributed by atoms with E-state index in [2.05, 4.69) is 0 Å². The molecule has 3 aliphatic rings. The van der Waals surface area contributed by atoms with Crippen molar-refractivity contribution in [2.24, 2.45) is 10.8 Å². The van der Waals surface area contributed by atoms with Crippen molar-refractivity contribution >= 4 is 11.9 Å². The van der Waals surface area contributed by atoms with Gasteiger partial charge in [0, 0.05) is 5.41 Å². The zero-order chi connectivity index (χ0) is 38.6. The van der Waals surface area contributed by atoms with Crippen LogP contribution in [0.4, 0.5) is 0 Å². The molecule has 10 nitrogen and oxygen atoms in total. The lowest BCUT2D eigenvalue weighted by atomic mass is 9.66. The summed E-state index contributed by atoms with van der Waals surface area (Å²) in [6.07, 6.45) is -5.83. The Morgan fingerprint density at radius 3 is 1.45 bits per heavy atom. The maximum atomic E-state index is 14.7. The van der Waals surface area contributed by atoms with E-state index >= 15 is 0 Å². The largest absolute Gasteiger partial charge is 0.497 e. The van der Waals surface area contributed by atoms with E-state index in [4.69, 9.17) is 33.2 Å². The van der Waals surface area contributed by atoms with Crippen LogP contribution >= 0.6 is 0 Å². The molecule has 1 saturated heterocycles. The van der Waals surface area contributed by atoms with Gasteiger partial charge >= 0.3 is 11.9 Å². The third-order valence-electron chi connectivity index (χ3n) is 12.1. The van der Waals surface area contributed by atoms with Crippen LogP contribution in [0.25, 0.3) is 0 Å². The van der Waals surface area contributed by atoms with Gasteiger partial charge in [-0.2, -0.15) is 0 Å². The number of carbonyl (C=O) groups is 2. The maximum absolute atomic E-state index is 14.7. The second-order valence-electron chi connectivity index (χ2n) is 15.4. The van der Waals surface area contributed by atoms with Gasteiger partial charge in [-0.3, -0.25) is 4.79 Å². The highest BCUT2D eigenvalue weighted by molar-refractivity contribution is 5.93. The lowest BCUT2D eigenvalue weighted by molar-refractivity contribution is -0.281. The topological polar surface area (TPSA) is 119 Å². The molecule has 10 heteroatoms. The maximum Gasteiger partial charge on any atom is 0.351 e. The van der Waals surface area contributed by atoms with Gasteiger partial charge in [-0.25, -0.2) is 4.79 Å². The Morgan fingerprint density at radius 2 is 1.04 bits per heavy atom. The molecule has 1 N–H and O–H groups in total. The van der Waals surface area contributed by atoms with Gasteiger partial charge in [0.05, 0.1) is 39.0 Å². The number of hydrogen-bond donors (Lipinski definition) is 1. The van der Waals surface area contributed by atoms with E-state index in [0.29, 0.717) is 18.6 Å². The average molecular weight is 751 g/mol. The van der Waals surface area contributed by atoms with Crippen LogP contribution in [0.15, 0.2) is 115 Å². The molecule has 0 spiro atoms. The first-order valence-corrected chi connectivity index (χ1v) is 18.9. The molecular formula is C45H50O10. The van der Waals surface area contributed by atoms with Crippen molar-refractivity contribution in [3.05, 3.63) is 138 Å². The summed E-state index contributed by atoms with van der Waals surface area (Å²) in [4.78, 5) is 28.0. The molecule has 1 aliphatic heterocycles. The van der Waals surface area contributed by atoms with E-state index < -0.39 is 65.0 Å². The number of ether oxygens (including phenoxy) is 7. The molecule has 0 unspecified atom stereocenters. The number of esters is 2. The predicted octanol–water partition coefficient (Wildman–Crippen LogP) is 6.74. The Hall–Kier alpha value is -4.58. The Morgan fingerprint density at radius 1 is 0.618 bits per heavy atom. The summed E-state index contributed by atoms with van der Waals surface area (Å²) < 4.78 is 44.5. The van der Waals surface area contributed by atoms with Crippen LogP contribution in [-0.4, -0.2) is 66.4 Å². The standard InChI is InChI=1S/C45H50O10/c1-43(2)44(3)24-25-45(43,55-41(44)47)42(48)54-40-37(51-27-31-16-10-6-11-17-31)35(46)36(50-26-30-14-8-5-9-15-30)38(39(40)53-28-32-18-12-7-13-19-32)52-29-33-20-22-34(49-4)23-21-33/h5-23,35-40,46H,24-29H2,1-4H3/t35-,36-,37+,38+,39+,40-,44+,45-/m1/s1. The van der Waals surface area contributed by atoms with Crippen molar-refractivity contribution in [1.82, 2.24) is 0 Å². The fourth-order valence-corrected chi connectivity index (χ4v) is 8.17. The Balaban J connectivity index is 1.28. The number of fused-ring (bicyclic) bond motifs is 2. The van der Waals surface area contributed by atoms with Gasteiger partial charge in [0.2, 0.25) is 5.60 Å². The van der Waals surface area contributed by atoms with Crippen molar-refractivity contribution in [3.8, 4) is 5.75 Å². The zero-order valence-corrected chi connectivity index (χ0v) is 31.8. The molecule has 3 fully saturated rings. The Bertz CT molecular complexity index is 1890. The van der Waals surface area contributed by atoms with E-state index in [1.54, 1.807) is 7.11 Å². The van der Waals surface area contributed by atoms with Crippen molar-refractivity contribution in [2.75, 3.05) is 7.11 Å². The molecule has 290 valence electrons. The van der Waals surface area contributed by atoms with Gasteiger partial charge in [-0.15, -0.1) is 0 Å². The SMILES string of the molecule is COc1ccc(CO[C@@H]2[C@H](OCc3ccccc3)[C@H](OC(=O)[C@@]34CC[C@@](C)(C(=O)O3)C4(C)C)[C@@H](OCc3ccccc3)[C@H](O)[C@H]2OCc2ccccc2)cc1. The Kier molecular flexibility index (Phi) is 11.4. The third kappa shape index (κ3) is 7.54. The molecule has 1 heterocycles. The molecule has 2 bridgehead atoms. The highest BCUT2D eigenvalue weighted by atomic mass is 16.6. The third-order valence-corrected chi connectivity index (χ3v) is 12.1. The minimum Gasteiger partial charge on any atom is -0.497 e. The number of carbonyl (C=O) groups excluding carboxylic acids is 2. The normalized spacial score (nSPS) is 29.4. The van der Waals surface area contributed by atoms with Crippen LogP contribution in [0.1, 0.15) is 55.9 Å². The van der Waals surface area contributed by atoms with Crippen LogP contribution in [0.5, 0.6) is 5.75 Å². The quantitative estimate of drug-likeness (QED) is 0.131. The van der Waals surface area contributed by atoms with E-state index in [1.165, 1.54) is 0 Å². The van der Waals surface area contributed by atoms with Crippen LogP contribution in [0.2, 0.25) is 0 Å². The molecule has 55 heavy (non-hydrogen) atoms. The molecule has 2 aliphatic carbocycles. The summed E-state index contributed by atoms with van der Waals surface area (Å²) in [6, 6.07) is 36.3. The molecule has 8 atom stereocenters. The van der Waals surface area contributed by atoms with Crippen molar-refractivity contribution in [3.63, 3.8) is 0 Å².